The van der Waals surface area contributed by atoms with Crippen LogP contribution in [0.25, 0.3) is 5.69 Å². The number of thioether (sulfide) groups is 1. The Hall–Kier alpha value is -3.86. The molecule has 2 heterocycles. The first-order valence-electron chi connectivity index (χ1n) is 11.0. The highest BCUT2D eigenvalue weighted by molar-refractivity contribution is 7.99. The van der Waals surface area contributed by atoms with Crippen molar-refractivity contribution in [1.29, 1.82) is 0 Å². The van der Waals surface area contributed by atoms with Crippen molar-refractivity contribution in [1.82, 2.24) is 24.1 Å². The summed E-state index contributed by atoms with van der Waals surface area (Å²) in [7, 11) is 1.77. The quantitative estimate of drug-likeness (QED) is 0.356. The lowest BCUT2D eigenvalue weighted by Gasteiger charge is -2.09. The minimum absolute atomic E-state index is 0.0517. The van der Waals surface area contributed by atoms with Crippen molar-refractivity contribution in [3.63, 3.8) is 0 Å². The molecule has 0 aliphatic heterocycles. The van der Waals surface area contributed by atoms with Gasteiger partial charge in [0, 0.05) is 13.6 Å². The normalized spacial score (nSPS) is 11.0. The van der Waals surface area contributed by atoms with Crippen molar-refractivity contribution < 1.29 is 13.9 Å². The highest BCUT2D eigenvalue weighted by Gasteiger charge is 2.19. The predicted molar refractivity (Wildman–Crippen MR) is 132 cm³/mol. The van der Waals surface area contributed by atoms with E-state index in [1.807, 2.05) is 41.8 Å². The topological polar surface area (TPSA) is 96.0 Å². The SMILES string of the molecule is CCn1c(COc2ccc(F)cc2)nnc1SCC(=O)Nc1c(C)n(C)n(-c2ccccc2)c1=O. The average Bonchev–Trinajstić information content (AvgIpc) is 3.36. The van der Waals surface area contributed by atoms with E-state index in [1.165, 1.54) is 28.6 Å². The van der Waals surface area contributed by atoms with Crippen molar-refractivity contribution in [2.75, 3.05) is 11.1 Å². The fourth-order valence-corrected chi connectivity index (χ4v) is 4.37. The molecule has 35 heavy (non-hydrogen) atoms. The number of ether oxygens (including phenoxy) is 1. The van der Waals surface area contributed by atoms with Crippen LogP contribution in [-0.4, -0.2) is 35.8 Å². The number of benzene rings is 2. The molecule has 11 heteroatoms. The zero-order valence-electron chi connectivity index (χ0n) is 19.6. The number of hydrogen-bond acceptors (Lipinski definition) is 6. The number of nitrogens with zero attached hydrogens (tertiary/aromatic N) is 5. The number of carbonyl (C=O) groups excluding carboxylic acids is 1. The highest BCUT2D eigenvalue weighted by atomic mass is 32.2. The van der Waals surface area contributed by atoms with Crippen LogP contribution in [0, 0.1) is 12.7 Å². The Morgan fingerprint density at radius 2 is 1.83 bits per heavy atom. The molecule has 0 fully saturated rings. The van der Waals surface area contributed by atoms with Crippen molar-refractivity contribution in [2.45, 2.75) is 32.2 Å². The molecule has 0 bridgehead atoms. The van der Waals surface area contributed by atoms with Crippen molar-refractivity contribution in [3.8, 4) is 11.4 Å². The third kappa shape index (κ3) is 5.29. The van der Waals surface area contributed by atoms with Gasteiger partial charge in [-0.25, -0.2) is 9.07 Å². The van der Waals surface area contributed by atoms with Crippen LogP contribution >= 0.6 is 11.8 Å². The lowest BCUT2D eigenvalue weighted by Crippen LogP contribution is -2.23. The molecule has 1 amide bonds. The molecule has 9 nitrogen and oxygen atoms in total. The summed E-state index contributed by atoms with van der Waals surface area (Å²) in [5.74, 6) is 0.497. The molecule has 0 saturated heterocycles. The minimum Gasteiger partial charge on any atom is -0.486 e. The van der Waals surface area contributed by atoms with E-state index >= 15 is 0 Å². The van der Waals surface area contributed by atoms with E-state index < -0.39 is 0 Å². The predicted octanol–water partition coefficient (Wildman–Crippen LogP) is 3.54. The fraction of sp³-hybridized carbons (Fsp3) is 0.250. The molecule has 0 saturated carbocycles. The standard InChI is InChI=1S/C24H25FN6O3S/c1-4-30-20(14-34-19-12-10-17(25)11-13-19)27-28-24(30)35-15-21(32)26-22-16(2)29(3)31(23(22)33)18-8-6-5-7-9-18/h5-13H,4,14-15H2,1-3H3,(H,26,32). The van der Waals surface area contributed by atoms with Crippen molar-refractivity contribution in [2.24, 2.45) is 7.05 Å². The first-order valence-corrected chi connectivity index (χ1v) is 11.9. The average molecular weight is 497 g/mol. The van der Waals surface area contributed by atoms with Gasteiger partial charge in [0.15, 0.2) is 11.0 Å². The molecule has 2 aromatic carbocycles. The lowest BCUT2D eigenvalue weighted by atomic mass is 10.3. The van der Waals surface area contributed by atoms with Gasteiger partial charge in [-0.2, -0.15) is 0 Å². The summed E-state index contributed by atoms with van der Waals surface area (Å²) in [6, 6.07) is 15.0. The van der Waals surface area contributed by atoms with Gasteiger partial charge in [-0.15, -0.1) is 10.2 Å². The molecule has 0 spiro atoms. The van der Waals surface area contributed by atoms with Crippen molar-refractivity contribution >= 4 is 23.4 Å². The first-order chi connectivity index (χ1) is 16.9. The van der Waals surface area contributed by atoms with Gasteiger partial charge < -0.3 is 14.6 Å². The van der Waals surface area contributed by atoms with Gasteiger partial charge in [0.25, 0.3) is 5.56 Å². The fourth-order valence-electron chi connectivity index (χ4n) is 3.55. The van der Waals surface area contributed by atoms with Gasteiger partial charge in [0.05, 0.1) is 17.1 Å². The van der Waals surface area contributed by atoms with E-state index in [-0.39, 0.29) is 35.3 Å². The monoisotopic (exact) mass is 496 g/mol. The Balaban J connectivity index is 1.41. The number of carbonyl (C=O) groups is 1. The van der Waals surface area contributed by atoms with Gasteiger partial charge in [-0.3, -0.25) is 14.3 Å². The maximum Gasteiger partial charge on any atom is 0.295 e. The van der Waals surface area contributed by atoms with Gasteiger partial charge >= 0.3 is 0 Å². The highest BCUT2D eigenvalue weighted by Crippen LogP contribution is 2.20. The molecule has 0 unspecified atom stereocenters. The number of amides is 1. The molecule has 182 valence electrons. The molecular weight excluding hydrogens is 471 g/mol. The maximum absolute atomic E-state index is 13.1. The number of halogens is 1. The Morgan fingerprint density at radius 3 is 2.51 bits per heavy atom. The Bertz CT molecular complexity index is 1380. The van der Waals surface area contributed by atoms with Crippen molar-refractivity contribution in [3.05, 3.63) is 82.3 Å². The third-order valence-corrected chi connectivity index (χ3v) is 6.41. The van der Waals surface area contributed by atoms with Gasteiger partial charge in [-0.1, -0.05) is 30.0 Å². The zero-order valence-corrected chi connectivity index (χ0v) is 20.4. The van der Waals surface area contributed by atoms with E-state index in [4.69, 9.17) is 4.74 Å². The largest absolute Gasteiger partial charge is 0.486 e. The molecule has 2 aromatic heterocycles. The molecule has 0 aliphatic carbocycles. The molecule has 0 radical (unpaired) electrons. The summed E-state index contributed by atoms with van der Waals surface area (Å²) in [6.45, 7) is 4.46. The minimum atomic E-state index is -0.337. The number of aromatic nitrogens is 5. The van der Waals surface area contributed by atoms with Crippen LogP contribution in [0.15, 0.2) is 64.5 Å². The second-order valence-electron chi connectivity index (χ2n) is 7.66. The van der Waals surface area contributed by atoms with Crippen LogP contribution in [0.5, 0.6) is 5.75 Å². The second-order valence-corrected chi connectivity index (χ2v) is 8.60. The second kappa shape index (κ2) is 10.6. The number of nitrogens with one attached hydrogen (secondary N) is 1. The lowest BCUT2D eigenvalue weighted by molar-refractivity contribution is -0.113. The molecule has 0 aliphatic rings. The Kier molecular flexibility index (Phi) is 7.35. The van der Waals surface area contributed by atoms with Crippen LogP contribution in [0.4, 0.5) is 10.1 Å². The van der Waals surface area contributed by atoms with Crippen LogP contribution < -0.4 is 15.6 Å². The molecule has 1 N–H and O–H groups in total. The van der Waals surface area contributed by atoms with Gasteiger partial charge in [-0.05, 0) is 50.2 Å². The Labute approximate surface area is 205 Å². The number of para-hydroxylation sites is 1. The summed E-state index contributed by atoms with van der Waals surface area (Å²) in [4.78, 5) is 25.7. The van der Waals surface area contributed by atoms with Crippen LogP contribution in [0.3, 0.4) is 0 Å². The maximum atomic E-state index is 13.1. The zero-order chi connectivity index (χ0) is 24.9. The number of anilines is 1. The Morgan fingerprint density at radius 1 is 1.11 bits per heavy atom. The molecule has 4 rings (SSSR count). The third-order valence-electron chi connectivity index (χ3n) is 5.44. The van der Waals surface area contributed by atoms with Gasteiger partial charge in [0.2, 0.25) is 5.91 Å². The first kappa shape index (κ1) is 24.3. The molecular formula is C24H25FN6O3S. The summed E-state index contributed by atoms with van der Waals surface area (Å²) < 4.78 is 23.8. The summed E-state index contributed by atoms with van der Waals surface area (Å²) >= 11 is 1.22. The smallest absolute Gasteiger partial charge is 0.295 e. The van der Waals surface area contributed by atoms with E-state index in [1.54, 1.807) is 30.8 Å². The number of rotatable bonds is 9. The van der Waals surface area contributed by atoms with Crippen LogP contribution in [-0.2, 0) is 25.0 Å². The summed E-state index contributed by atoms with van der Waals surface area (Å²) in [6.07, 6.45) is 0. The number of hydrogen-bond donors (Lipinski definition) is 1. The van der Waals surface area contributed by atoms with Gasteiger partial charge in [0.1, 0.15) is 23.9 Å². The summed E-state index contributed by atoms with van der Waals surface area (Å²) in [5.41, 5.74) is 1.30. The van der Waals surface area contributed by atoms with Crippen LogP contribution in [0.2, 0.25) is 0 Å². The molecule has 0 atom stereocenters. The van der Waals surface area contributed by atoms with Crippen LogP contribution in [0.1, 0.15) is 18.4 Å². The van der Waals surface area contributed by atoms with E-state index in [0.29, 0.717) is 34.7 Å². The van der Waals surface area contributed by atoms with E-state index in [9.17, 15) is 14.0 Å². The molecule has 4 aromatic rings. The summed E-state index contributed by atoms with van der Waals surface area (Å²) in [5, 5.41) is 11.6. The van der Waals surface area contributed by atoms with E-state index in [2.05, 4.69) is 15.5 Å². The van der Waals surface area contributed by atoms with E-state index in [0.717, 1.165) is 0 Å².